The first-order valence-corrected chi connectivity index (χ1v) is 6.97. The normalized spacial score (nSPS) is 10.7. The van der Waals surface area contributed by atoms with Gasteiger partial charge in [-0.25, -0.2) is 0 Å². The Balaban J connectivity index is 1.70. The summed E-state index contributed by atoms with van der Waals surface area (Å²) in [4.78, 5) is 4.40. The Bertz CT molecular complexity index is 737. The van der Waals surface area contributed by atoms with Crippen molar-refractivity contribution in [2.75, 3.05) is 5.73 Å². The van der Waals surface area contributed by atoms with Crippen LogP contribution in [0, 0.1) is 0 Å². The Hall–Kier alpha value is -2.33. The molecule has 106 valence electrons. The number of benzene rings is 2. The van der Waals surface area contributed by atoms with E-state index in [0.717, 1.165) is 16.8 Å². The van der Waals surface area contributed by atoms with Crippen molar-refractivity contribution in [2.45, 2.75) is 12.8 Å². The van der Waals surface area contributed by atoms with E-state index in [1.54, 1.807) is 0 Å². The number of hydrogen-bond acceptors (Lipinski definition) is 4. The van der Waals surface area contributed by atoms with Crippen molar-refractivity contribution >= 4 is 17.3 Å². The first kappa shape index (κ1) is 13.6. The fraction of sp³-hybridized carbons (Fsp3) is 0.125. The second kappa shape index (κ2) is 5.97. The summed E-state index contributed by atoms with van der Waals surface area (Å²) in [6.07, 6.45) is 1.20. The fourth-order valence-corrected chi connectivity index (χ4v) is 2.22. The Labute approximate surface area is 127 Å². The van der Waals surface area contributed by atoms with Crippen LogP contribution < -0.4 is 5.73 Å². The third-order valence-corrected chi connectivity index (χ3v) is 3.34. The highest BCUT2D eigenvalue weighted by Gasteiger charge is 2.08. The van der Waals surface area contributed by atoms with Gasteiger partial charge in [0.25, 0.3) is 0 Å². The summed E-state index contributed by atoms with van der Waals surface area (Å²) in [5, 5.41) is 4.72. The Morgan fingerprint density at radius 1 is 1.00 bits per heavy atom. The van der Waals surface area contributed by atoms with Crippen molar-refractivity contribution in [1.82, 2.24) is 10.1 Å². The molecule has 0 unspecified atom stereocenters. The van der Waals surface area contributed by atoms with Crippen LogP contribution in [-0.4, -0.2) is 10.1 Å². The standard InChI is InChI=1S/C16H14ClN3O/c17-13-6-4-11(5-7-13)9-15-19-16(21-20-15)10-12-2-1-3-14(18)8-12/h1-8H,9-10,18H2. The molecule has 0 aliphatic rings. The summed E-state index contributed by atoms with van der Waals surface area (Å²) < 4.78 is 5.28. The van der Waals surface area contributed by atoms with Crippen molar-refractivity contribution in [1.29, 1.82) is 0 Å². The second-order valence-corrected chi connectivity index (χ2v) is 5.27. The number of nitrogen functional groups attached to an aromatic ring is 1. The predicted octanol–water partition coefficient (Wildman–Crippen LogP) is 3.49. The molecular weight excluding hydrogens is 286 g/mol. The summed E-state index contributed by atoms with van der Waals surface area (Å²) >= 11 is 5.86. The minimum absolute atomic E-state index is 0.582. The average Bonchev–Trinajstić information content (AvgIpc) is 2.89. The fourth-order valence-electron chi connectivity index (χ4n) is 2.10. The molecule has 3 rings (SSSR count). The highest BCUT2D eigenvalue weighted by Crippen LogP contribution is 2.14. The van der Waals surface area contributed by atoms with Crippen LogP contribution in [0.1, 0.15) is 22.8 Å². The molecule has 0 bridgehead atoms. The number of hydrogen-bond donors (Lipinski definition) is 1. The molecule has 2 aromatic carbocycles. The molecule has 1 heterocycles. The first-order valence-electron chi connectivity index (χ1n) is 6.59. The van der Waals surface area contributed by atoms with Gasteiger partial charge in [0, 0.05) is 17.1 Å². The minimum Gasteiger partial charge on any atom is -0.399 e. The van der Waals surface area contributed by atoms with Crippen LogP contribution in [-0.2, 0) is 12.8 Å². The number of nitrogens with two attached hydrogens (primary N) is 1. The van der Waals surface area contributed by atoms with Gasteiger partial charge in [-0.15, -0.1) is 0 Å². The summed E-state index contributed by atoms with van der Waals surface area (Å²) in [7, 11) is 0. The second-order valence-electron chi connectivity index (χ2n) is 4.83. The van der Waals surface area contributed by atoms with E-state index < -0.39 is 0 Å². The molecular formula is C16H14ClN3O. The van der Waals surface area contributed by atoms with Gasteiger partial charge in [-0.1, -0.05) is 41.0 Å². The molecule has 0 fully saturated rings. The number of anilines is 1. The van der Waals surface area contributed by atoms with E-state index in [-0.39, 0.29) is 0 Å². The molecule has 0 amide bonds. The van der Waals surface area contributed by atoms with E-state index >= 15 is 0 Å². The van der Waals surface area contributed by atoms with Gasteiger partial charge in [0.1, 0.15) is 0 Å². The van der Waals surface area contributed by atoms with Crippen molar-refractivity contribution in [3.8, 4) is 0 Å². The van der Waals surface area contributed by atoms with E-state index in [1.807, 2.05) is 48.5 Å². The lowest BCUT2D eigenvalue weighted by molar-refractivity contribution is 0.380. The molecule has 0 aliphatic heterocycles. The lowest BCUT2D eigenvalue weighted by Gasteiger charge is -1.98. The van der Waals surface area contributed by atoms with E-state index in [9.17, 15) is 0 Å². The van der Waals surface area contributed by atoms with Gasteiger partial charge in [-0.2, -0.15) is 4.98 Å². The van der Waals surface area contributed by atoms with Crippen molar-refractivity contribution in [3.63, 3.8) is 0 Å². The average molecular weight is 300 g/mol. The van der Waals surface area contributed by atoms with Gasteiger partial charge in [-0.05, 0) is 35.4 Å². The zero-order chi connectivity index (χ0) is 14.7. The van der Waals surface area contributed by atoms with Gasteiger partial charge in [0.05, 0.1) is 6.42 Å². The van der Waals surface area contributed by atoms with Crippen LogP contribution in [0.5, 0.6) is 0 Å². The number of aromatic nitrogens is 2. The molecule has 3 aromatic rings. The van der Waals surface area contributed by atoms with E-state index in [1.165, 1.54) is 0 Å². The molecule has 0 spiro atoms. The van der Waals surface area contributed by atoms with Crippen LogP contribution in [0.25, 0.3) is 0 Å². The largest absolute Gasteiger partial charge is 0.399 e. The molecule has 4 nitrogen and oxygen atoms in total. The lowest BCUT2D eigenvalue weighted by atomic mass is 10.1. The van der Waals surface area contributed by atoms with E-state index in [4.69, 9.17) is 21.9 Å². The molecule has 0 aliphatic carbocycles. The minimum atomic E-state index is 0.582. The molecule has 0 radical (unpaired) electrons. The molecule has 2 N–H and O–H groups in total. The smallest absolute Gasteiger partial charge is 0.231 e. The van der Waals surface area contributed by atoms with E-state index in [2.05, 4.69) is 10.1 Å². The third kappa shape index (κ3) is 3.61. The molecule has 21 heavy (non-hydrogen) atoms. The summed E-state index contributed by atoms with van der Waals surface area (Å²) in [5.41, 5.74) is 8.63. The third-order valence-electron chi connectivity index (χ3n) is 3.09. The highest BCUT2D eigenvalue weighted by molar-refractivity contribution is 6.30. The maximum atomic E-state index is 5.86. The van der Waals surface area contributed by atoms with Gasteiger partial charge in [0.15, 0.2) is 5.82 Å². The van der Waals surface area contributed by atoms with Crippen LogP contribution in [0.3, 0.4) is 0 Å². The monoisotopic (exact) mass is 299 g/mol. The zero-order valence-electron chi connectivity index (χ0n) is 11.3. The molecule has 0 saturated carbocycles. The maximum Gasteiger partial charge on any atom is 0.231 e. The quantitative estimate of drug-likeness (QED) is 0.749. The summed E-state index contributed by atoms with van der Waals surface area (Å²) in [6, 6.07) is 15.3. The van der Waals surface area contributed by atoms with E-state index in [0.29, 0.717) is 29.6 Å². The topological polar surface area (TPSA) is 64.9 Å². The Kier molecular flexibility index (Phi) is 3.88. The Morgan fingerprint density at radius 2 is 1.81 bits per heavy atom. The molecule has 5 heteroatoms. The van der Waals surface area contributed by atoms with Crippen LogP contribution in [0.2, 0.25) is 5.02 Å². The van der Waals surface area contributed by atoms with Crippen molar-refractivity contribution in [3.05, 3.63) is 76.4 Å². The van der Waals surface area contributed by atoms with Crippen molar-refractivity contribution < 1.29 is 4.52 Å². The molecule has 0 saturated heterocycles. The maximum absolute atomic E-state index is 5.86. The zero-order valence-corrected chi connectivity index (χ0v) is 12.0. The number of halogens is 1. The van der Waals surface area contributed by atoms with Crippen LogP contribution in [0.15, 0.2) is 53.1 Å². The number of nitrogens with zero attached hydrogens (tertiary/aromatic N) is 2. The number of rotatable bonds is 4. The van der Waals surface area contributed by atoms with Crippen LogP contribution in [0.4, 0.5) is 5.69 Å². The van der Waals surface area contributed by atoms with Gasteiger partial charge >= 0.3 is 0 Å². The molecule has 0 atom stereocenters. The van der Waals surface area contributed by atoms with Crippen molar-refractivity contribution in [2.24, 2.45) is 0 Å². The SMILES string of the molecule is Nc1cccc(Cc2nc(Cc3ccc(Cl)cc3)no2)c1. The summed E-state index contributed by atoms with van der Waals surface area (Å²) in [6.45, 7) is 0. The molecule has 1 aromatic heterocycles. The lowest BCUT2D eigenvalue weighted by Crippen LogP contribution is -1.93. The van der Waals surface area contributed by atoms with Gasteiger partial charge in [0.2, 0.25) is 5.89 Å². The highest BCUT2D eigenvalue weighted by atomic mass is 35.5. The van der Waals surface area contributed by atoms with Gasteiger partial charge in [-0.3, -0.25) is 0 Å². The van der Waals surface area contributed by atoms with Crippen LogP contribution >= 0.6 is 11.6 Å². The summed E-state index contributed by atoms with van der Waals surface area (Å²) in [5.74, 6) is 1.25. The van der Waals surface area contributed by atoms with Gasteiger partial charge < -0.3 is 10.3 Å². The first-order chi connectivity index (χ1) is 10.2. The Morgan fingerprint density at radius 3 is 2.57 bits per heavy atom. The predicted molar refractivity (Wildman–Crippen MR) is 82.2 cm³/mol.